The molecule has 1 fully saturated rings. The van der Waals surface area contributed by atoms with E-state index in [0.29, 0.717) is 31.5 Å². The van der Waals surface area contributed by atoms with Crippen LogP contribution in [0.5, 0.6) is 0 Å². The molecule has 2 heterocycles. The third kappa shape index (κ3) is 4.67. The van der Waals surface area contributed by atoms with Gasteiger partial charge in [-0.3, -0.25) is 9.59 Å². The number of likely N-dealkylation sites (tertiary alicyclic amines) is 1. The zero-order valence-electron chi connectivity index (χ0n) is 19.0. The van der Waals surface area contributed by atoms with Gasteiger partial charge in [-0.2, -0.15) is 0 Å². The highest BCUT2D eigenvalue weighted by atomic mass is 19.1. The number of nitrogens with zero attached hydrogens (tertiary/aromatic N) is 2. The first-order chi connectivity index (χ1) is 16.6. The van der Waals surface area contributed by atoms with Gasteiger partial charge in [-0.25, -0.2) is 4.39 Å². The number of carbonyl (C=O) groups is 2. The molecule has 6 heteroatoms. The summed E-state index contributed by atoms with van der Waals surface area (Å²) >= 11 is 0. The maximum atomic E-state index is 13.9. The molecular formula is C28H28FN3O2. The second kappa shape index (κ2) is 9.67. The maximum Gasteiger partial charge on any atom is 0.256 e. The van der Waals surface area contributed by atoms with Crippen LogP contribution in [0.1, 0.15) is 44.7 Å². The summed E-state index contributed by atoms with van der Waals surface area (Å²) in [6.45, 7) is 2.83. The Morgan fingerprint density at radius 1 is 0.824 bits per heavy atom. The van der Waals surface area contributed by atoms with E-state index in [0.717, 1.165) is 25.2 Å². The van der Waals surface area contributed by atoms with E-state index in [4.69, 9.17) is 0 Å². The van der Waals surface area contributed by atoms with Gasteiger partial charge in [0.05, 0.1) is 5.56 Å². The SMILES string of the molecule is O=C(NC1CCN(C(=O)c2ccccc2F)CC1)c1ccc(N2CCc3ccccc3C2)cc1. The van der Waals surface area contributed by atoms with Crippen LogP contribution in [-0.2, 0) is 13.0 Å². The summed E-state index contributed by atoms with van der Waals surface area (Å²) in [5.41, 5.74) is 4.62. The predicted molar refractivity (Wildman–Crippen MR) is 130 cm³/mol. The van der Waals surface area contributed by atoms with Gasteiger partial charge in [-0.15, -0.1) is 0 Å². The molecule has 0 atom stereocenters. The van der Waals surface area contributed by atoms with Crippen molar-refractivity contribution in [1.29, 1.82) is 0 Å². The minimum Gasteiger partial charge on any atom is -0.367 e. The van der Waals surface area contributed by atoms with Crippen molar-refractivity contribution in [2.24, 2.45) is 0 Å². The number of benzene rings is 3. The van der Waals surface area contributed by atoms with E-state index in [1.54, 1.807) is 17.0 Å². The van der Waals surface area contributed by atoms with Crippen molar-refractivity contribution < 1.29 is 14.0 Å². The van der Waals surface area contributed by atoms with E-state index in [1.807, 2.05) is 24.3 Å². The van der Waals surface area contributed by atoms with Crippen LogP contribution in [0.4, 0.5) is 10.1 Å². The highest BCUT2D eigenvalue weighted by Crippen LogP contribution is 2.25. The lowest BCUT2D eigenvalue weighted by Gasteiger charge is -2.32. The van der Waals surface area contributed by atoms with E-state index >= 15 is 0 Å². The maximum absolute atomic E-state index is 13.9. The number of halogens is 1. The summed E-state index contributed by atoms with van der Waals surface area (Å²) in [6.07, 6.45) is 2.32. The van der Waals surface area contributed by atoms with Gasteiger partial charge in [0.25, 0.3) is 11.8 Å². The Kier molecular flexibility index (Phi) is 6.30. The highest BCUT2D eigenvalue weighted by molar-refractivity contribution is 5.95. The molecule has 0 radical (unpaired) electrons. The number of hydrogen-bond acceptors (Lipinski definition) is 3. The van der Waals surface area contributed by atoms with E-state index in [9.17, 15) is 14.0 Å². The Morgan fingerprint density at radius 2 is 1.50 bits per heavy atom. The number of piperidine rings is 1. The number of anilines is 1. The molecule has 5 rings (SSSR count). The number of hydrogen-bond donors (Lipinski definition) is 1. The van der Waals surface area contributed by atoms with E-state index in [1.165, 1.54) is 23.3 Å². The van der Waals surface area contributed by atoms with E-state index in [-0.39, 0.29) is 23.4 Å². The Hall–Kier alpha value is -3.67. The van der Waals surface area contributed by atoms with Crippen LogP contribution < -0.4 is 10.2 Å². The summed E-state index contributed by atoms with van der Waals surface area (Å²) in [7, 11) is 0. The Morgan fingerprint density at radius 3 is 2.24 bits per heavy atom. The molecule has 174 valence electrons. The van der Waals surface area contributed by atoms with Gasteiger partial charge >= 0.3 is 0 Å². The van der Waals surface area contributed by atoms with Gasteiger partial charge in [0.1, 0.15) is 5.82 Å². The average Bonchev–Trinajstić information content (AvgIpc) is 2.89. The zero-order valence-corrected chi connectivity index (χ0v) is 19.0. The first kappa shape index (κ1) is 22.1. The van der Waals surface area contributed by atoms with Gasteiger partial charge < -0.3 is 15.1 Å². The molecule has 2 aliphatic rings. The normalized spacial score (nSPS) is 16.1. The summed E-state index contributed by atoms with van der Waals surface area (Å²) in [4.78, 5) is 29.4. The molecule has 3 aromatic rings. The van der Waals surface area contributed by atoms with E-state index in [2.05, 4.69) is 34.5 Å². The number of rotatable bonds is 4. The summed E-state index contributed by atoms with van der Waals surface area (Å²) in [5.74, 6) is -0.895. The highest BCUT2D eigenvalue weighted by Gasteiger charge is 2.26. The molecule has 0 aliphatic carbocycles. The molecule has 2 aliphatic heterocycles. The van der Waals surface area contributed by atoms with Crippen LogP contribution in [0.3, 0.4) is 0 Å². The molecule has 0 bridgehead atoms. The van der Waals surface area contributed by atoms with Crippen LogP contribution in [0.2, 0.25) is 0 Å². The third-order valence-corrected chi connectivity index (χ3v) is 6.85. The second-order valence-corrected chi connectivity index (χ2v) is 9.01. The molecule has 0 unspecified atom stereocenters. The quantitative estimate of drug-likeness (QED) is 0.631. The number of nitrogens with one attached hydrogen (secondary N) is 1. The fourth-order valence-corrected chi connectivity index (χ4v) is 4.84. The van der Waals surface area contributed by atoms with E-state index < -0.39 is 5.82 Å². The molecule has 1 N–H and O–H groups in total. The van der Waals surface area contributed by atoms with Crippen molar-refractivity contribution in [3.05, 3.63) is 101 Å². The number of fused-ring (bicyclic) bond motifs is 1. The Bertz CT molecular complexity index is 1190. The van der Waals surface area contributed by atoms with Gasteiger partial charge in [-0.1, -0.05) is 36.4 Å². The topological polar surface area (TPSA) is 52.7 Å². The lowest BCUT2D eigenvalue weighted by molar-refractivity contribution is 0.0693. The number of amides is 2. The van der Waals surface area contributed by atoms with Crippen molar-refractivity contribution >= 4 is 17.5 Å². The average molecular weight is 458 g/mol. The fourth-order valence-electron chi connectivity index (χ4n) is 4.84. The number of carbonyl (C=O) groups excluding carboxylic acids is 2. The standard InChI is InChI=1S/C28H28FN3O2/c29-26-8-4-3-7-25(26)28(34)31-17-14-23(15-18-31)30-27(33)21-9-11-24(12-10-21)32-16-13-20-5-1-2-6-22(20)19-32/h1-12,23H,13-19H2,(H,30,33). The fraction of sp³-hybridized carbons (Fsp3) is 0.286. The van der Waals surface area contributed by atoms with Crippen molar-refractivity contribution in [2.75, 3.05) is 24.5 Å². The predicted octanol–water partition coefficient (Wildman–Crippen LogP) is 4.42. The van der Waals surface area contributed by atoms with Crippen molar-refractivity contribution in [3.8, 4) is 0 Å². The smallest absolute Gasteiger partial charge is 0.256 e. The molecule has 0 aromatic heterocycles. The second-order valence-electron chi connectivity index (χ2n) is 9.01. The van der Waals surface area contributed by atoms with Gasteiger partial charge in [0.2, 0.25) is 0 Å². The first-order valence-corrected chi connectivity index (χ1v) is 11.8. The van der Waals surface area contributed by atoms with Crippen molar-refractivity contribution in [2.45, 2.75) is 31.8 Å². The van der Waals surface area contributed by atoms with Gasteiger partial charge in [0, 0.05) is 43.5 Å². The van der Waals surface area contributed by atoms with Crippen LogP contribution in [0, 0.1) is 5.82 Å². The van der Waals surface area contributed by atoms with Crippen LogP contribution >= 0.6 is 0 Å². The summed E-state index contributed by atoms with van der Waals surface area (Å²) in [6, 6.07) is 22.4. The Labute approximate surface area is 199 Å². The molecule has 0 saturated carbocycles. The molecule has 0 spiro atoms. The van der Waals surface area contributed by atoms with Crippen molar-refractivity contribution in [3.63, 3.8) is 0 Å². The minimum atomic E-state index is -0.500. The summed E-state index contributed by atoms with van der Waals surface area (Å²) < 4.78 is 13.9. The molecule has 5 nitrogen and oxygen atoms in total. The van der Waals surface area contributed by atoms with Crippen LogP contribution in [0.15, 0.2) is 72.8 Å². The van der Waals surface area contributed by atoms with Gasteiger partial charge in [0.15, 0.2) is 0 Å². The molecule has 3 aromatic carbocycles. The minimum absolute atomic E-state index is 0.00422. The molecule has 2 amide bonds. The first-order valence-electron chi connectivity index (χ1n) is 11.8. The van der Waals surface area contributed by atoms with Crippen LogP contribution in [0.25, 0.3) is 0 Å². The molecular weight excluding hydrogens is 429 g/mol. The largest absolute Gasteiger partial charge is 0.367 e. The Balaban J connectivity index is 1.14. The van der Waals surface area contributed by atoms with Crippen molar-refractivity contribution in [1.82, 2.24) is 10.2 Å². The lowest BCUT2D eigenvalue weighted by atomic mass is 9.99. The lowest BCUT2D eigenvalue weighted by Crippen LogP contribution is -2.46. The summed E-state index contributed by atoms with van der Waals surface area (Å²) in [5, 5.41) is 3.09. The molecule has 1 saturated heterocycles. The van der Waals surface area contributed by atoms with Crippen LogP contribution in [-0.4, -0.2) is 42.4 Å². The van der Waals surface area contributed by atoms with Gasteiger partial charge in [-0.05, 0) is 66.8 Å². The third-order valence-electron chi connectivity index (χ3n) is 6.85. The molecule has 34 heavy (non-hydrogen) atoms. The monoisotopic (exact) mass is 457 g/mol. The zero-order chi connectivity index (χ0) is 23.5.